The molecule has 3 aromatic rings. The van der Waals surface area contributed by atoms with Gasteiger partial charge in [0.1, 0.15) is 11.5 Å². The highest BCUT2D eigenvalue weighted by molar-refractivity contribution is 6.42. The number of hydrogen-bond acceptors (Lipinski definition) is 2. The third-order valence-corrected chi connectivity index (χ3v) is 4.14. The quantitative estimate of drug-likeness (QED) is 0.650. The van der Waals surface area contributed by atoms with E-state index in [1.54, 1.807) is 31.2 Å². The van der Waals surface area contributed by atoms with Crippen LogP contribution in [0.15, 0.2) is 59.0 Å². The van der Waals surface area contributed by atoms with Gasteiger partial charge in [0.05, 0.1) is 15.6 Å². The van der Waals surface area contributed by atoms with Crippen LogP contribution < -0.4 is 5.32 Å². The van der Waals surface area contributed by atoms with Crippen molar-refractivity contribution in [2.24, 2.45) is 0 Å². The Balaban J connectivity index is 1.88. The Kier molecular flexibility index (Phi) is 4.42. The maximum atomic E-state index is 12.4. The summed E-state index contributed by atoms with van der Waals surface area (Å²) in [7, 11) is 0. The molecule has 0 atom stereocenters. The molecule has 0 spiro atoms. The van der Waals surface area contributed by atoms with Crippen LogP contribution in [-0.4, -0.2) is 5.91 Å². The van der Waals surface area contributed by atoms with E-state index < -0.39 is 0 Å². The first-order valence-corrected chi connectivity index (χ1v) is 7.72. The number of carbonyl (C=O) groups excluding carboxylic acids is 1. The number of aryl methyl sites for hydroxylation is 1. The normalized spacial score (nSPS) is 10.6. The molecule has 2 aromatic carbocycles. The third-order valence-electron chi connectivity index (χ3n) is 3.40. The number of nitrogens with one attached hydrogen (secondary N) is 1. The van der Waals surface area contributed by atoms with Crippen LogP contribution in [0.3, 0.4) is 0 Å². The summed E-state index contributed by atoms with van der Waals surface area (Å²) in [5.74, 6) is 0.891. The molecule has 0 radical (unpaired) electrons. The second kappa shape index (κ2) is 6.49. The number of amides is 1. The molecule has 0 fully saturated rings. The Labute approximate surface area is 143 Å². The minimum Gasteiger partial charge on any atom is -0.461 e. The predicted molar refractivity (Wildman–Crippen MR) is 93.3 cm³/mol. The van der Waals surface area contributed by atoms with Crippen molar-refractivity contribution in [2.45, 2.75) is 6.92 Å². The van der Waals surface area contributed by atoms with E-state index in [9.17, 15) is 4.79 Å². The van der Waals surface area contributed by atoms with Crippen LogP contribution in [0.2, 0.25) is 10.0 Å². The first kappa shape index (κ1) is 15.7. The van der Waals surface area contributed by atoms with Gasteiger partial charge < -0.3 is 9.73 Å². The predicted octanol–water partition coefficient (Wildman–Crippen LogP) is 5.81. The van der Waals surface area contributed by atoms with Gasteiger partial charge in [0.2, 0.25) is 0 Å². The maximum Gasteiger partial charge on any atom is 0.259 e. The molecule has 0 saturated carbocycles. The minimum atomic E-state index is -0.219. The summed E-state index contributed by atoms with van der Waals surface area (Å²) >= 11 is 11.9. The van der Waals surface area contributed by atoms with E-state index in [2.05, 4.69) is 5.32 Å². The Morgan fingerprint density at radius 3 is 2.43 bits per heavy atom. The second-order valence-electron chi connectivity index (χ2n) is 5.03. The fourth-order valence-electron chi connectivity index (χ4n) is 2.22. The van der Waals surface area contributed by atoms with Crippen LogP contribution in [0.5, 0.6) is 0 Å². The number of carbonyl (C=O) groups is 1. The van der Waals surface area contributed by atoms with Gasteiger partial charge in [-0.05, 0) is 43.3 Å². The number of furan rings is 1. The minimum absolute atomic E-state index is 0.219. The van der Waals surface area contributed by atoms with Gasteiger partial charge in [-0.1, -0.05) is 41.4 Å². The molecule has 3 nitrogen and oxygen atoms in total. The van der Waals surface area contributed by atoms with Gasteiger partial charge in [0.25, 0.3) is 5.91 Å². The lowest BCUT2D eigenvalue weighted by Crippen LogP contribution is -2.11. The van der Waals surface area contributed by atoms with Crippen molar-refractivity contribution in [3.63, 3.8) is 0 Å². The lowest BCUT2D eigenvalue weighted by molar-refractivity contribution is 0.102. The molecule has 3 rings (SSSR count). The molecule has 0 bridgehead atoms. The molecule has 0 saturated heterocycles. The summed E-state index contributed by atoms with van der Waals surface area (Å²) < 4.78 is 5.69. The number of hydrogen-bond donors (Lipinski definition) is 1. The number of para-hydroxylation sites is 1. The van der Waals surface area contributed by atoms with E-state index in [1.165, 1.54) is 0 Å². The van der Waals surface area contributed by atoms with Crippen LogP contribution in [-0.2, 0) is 0 Å². The van der Waals surface area contributed by atoms with Crippen molar-refractivity contribution in [2.75, 3.05) is 5.32 Å². The van der Waals surface area contributed by atoms with Crippen molar-refractivity contribution < 1.29 is 9.21 Å². The zero-order valence-electron chi connectivity index (χ0n) is 12.3. The Morgan fingerprint density at radius 1 is 1.00 bits per heavy atom. The lowest BCUT2D eigenvalue weighted by Gasteiger charge is -2.03. The van der Waals surface area contributed by atoms with Crippen LogP contribution >= 0.6 is 23.2 Å². The highest BCUT2D eigenvalue weighted by atomic mass is 35.5. The van der Waals surface area contributed by atoms with E-state index in [1.807, 2.05) is 30.3 Å². The monoisotopic (exact) mass is 345 g/mol. The number of benzene rings is 2. The van der Waals surface area contributed by atoms with Crippen molar-refractivity contribution in [1.82, 2.24) is 0 Å². The van der Waals surface area contributed by atoms with Crippen LogP contribution in [0.1, 0.15) is 16.1 Å². The highest BCUT2D eigenvalue weighted by Gasteiger charge is 2.16. The SMILES string of the molecule is Cc1oc(-c2ccc(Cl)c(Cl)c2)cc1C(=O)Nc1ccccc1. The summed E-state index contributed by atoms with van der Waals surface area (Å²) in [4.78, 5) is 12.4. The van der Waals surface area contributed by atoms with Gasteiger partial charge in [-0.15, -0.1) is 0 Å². The summed E-state index contributed by atoms with van der Waals surface area (Å²) in [6.45, 7) is 1.75. The summed E-state index contributed by atoms with van der Waals surface area (Å²) in [6.07, 6.45) is 0. The van der Waals surface area contributed by atoms with E-state index in [0.29, 0.717) is 27.1 Å². The molecule has 1 aromatic heterocycles. The Bertz CT molecular complexity index is 857. The van der Waals surface area contributed by atoms with Gasteiger partial charge in [-0.2, -0.15) is 0 Å². The van der Waals surface area contributed by atoms with Crippen molar-refractivity contribution in [3.8, 4) is 11.3 Å². The van der Waals surface area contributed by atoms with Gasteiger partial charge in [0.15, 0.2) is 0 Å². The van der Waals surface area contributed by atoms with Crippen molar-refractivity contribution in [1.29, 1.82) is 0 Å². The molecule has 0 aliphatic rings. The van der Waals surface area contributed by atoms with E-state index in [-0.39, 0.29) is 5.91 Å². The van der Waals surface area contributed by atoms with Crippen LogP contribution in [0.25, 0.3) is 11.3 Å². The van der Waals surface area contributed by atoms with Crippen LogP contribution in [0, 0.1) is 6.92 Å². The molecular formula is C18H13Cl2NO2. The van der Waals surface area contributed by atoms with Gasteiger partial charge in [-0.3, -0.25) is 4.79 Å². The van der Waals surface area contributed by atoms with E-state index in [0.717, 1.165) is 11.3 Å². The van der Waals surface area contributed by atoms with Crippen LogP contribution in [0.4, 0.5) is 5.69 Å². The van der Waals surface area contributed by atoms with E-state index >= 15 is 0 Å². The molecule has 5 heteroatoms. The van der Waals surface area contributed by atoms with Crippen molar-refractivity contribution >= 4 is 34.8 Å². The molecule has 23 heavy (non-hydrogen) atoms. The maximum absolute atomic E-state index is 12.4. The van der Waals surface area contributed by atoms with Gasteiger partial charge >= 0.3 is 0 Å². The lowest BCUT2D eigenvalue weighted by atomic mass is 10.1. The number of rotatable bonds is 3. The van der Waals surface area contributed by atoms with E-state index in [4.69, 9.17) is 27.6 Å². The summed E-state index contributed by atoms with van der Waals surface area (Å²) in [5.41, 5.74) is 1.98. The fraction of sp³-hybridized carbons (Fsp3) is 0.0556. The largest absolute Gasteiger partial charge is 0.461 e. The molecule has 116 valence electrons. The summed E-state index contributed by atoms with van der Waals surface area (Å²) in [6, 6.07) is 16.2. The third kappa shape index (κ3) is 3.41. The standard InChI is InChI=1S/C18H13Cl2NO2/c1-11-14(18(22)21-13-5-3-2-4-6-13)10-17(23-11)12-7-8-15(19)16(20)9-12/h2-10H,1H3,(H,21,22). The fourth-order valence-corrected chi connectivity index (χ4v) is 2.52. The molecule has 0 aliphatic carbocycles. The first-order chi connectivity index (χ1) is 11.0. The Morgan fingerprint density at radius 2 is 1.74 bits per heavy atom. The molecule has 1 heterocycles. The zero-order valence-corrected chi connectivity index (χ0v) is 13.8. The number of anilines is 1. The highest BCUT2D eigenvalue weighted by Crippen LogP contribution is 2.31. The van der Waals surface area contributed by atoms with Crippen molar-refractivity contribution in [3.05, 3.63) is 76.0 Å². The summed E-state index contributed by atoms with van der Waals surface area (Å²) in [5, 5.41) is 3.75. The molecular weight excluding hydrogens is 333 g/mol. The average Bonchev–Trinajstić information content (AvgIpc) is 2.93. The molecule has 1 N–H and O–H groups in total. The Hall–Kier alpha value is -2.23. The molecule has 0 aliphatic heterocycles. The molecule has 1 amide bonds. The van der Waals surface area contributed by atoms with Gasteiger partial charge in [0, 0.05) is 11.3 Å². The number of halogens is 2. The smallest absolute Gasteiger partial charge is 0.259 e. The average molecular weight is 346 g/mol. The zero-order chi connectivity index (χ0) is 16.4. The first-order valence-electron chi connectivity index (χ1n) is 6.97. The molecule has 0 unspecified atom stereocenters. The van der Waals surface area contributed by atoms with Gasteiger partial charge in [-0.25, -0.2) is 0 Å². The topological polar surface area (TPSA) is 42.2 Å². The second-order valence-corrected chi connectivity index (χ2v) is 5.84.